The minimum absolute atomic E-state index is 0.251. The zero-order valence-corrected chi connectivity index (χ0v) is 12.1. The second-order valence-electron chi connectivity index (χ2n) is 6.77. The molecular weight excluding hydrogens is 230 g/mol. The Bertz CT molecular complexity index is 425. The van der Waals surface area contributed by atoms with Crippen LogP contribution in [0.15, 0.2) is 24.3 Å². The molecule has 104 valence electrons. The Hall–Kier alpha value is -0.820. The third-order valence-corrected chi connectivity index (χ3v) is 5.36. The Morgan fingerprint density at radius 2 is 2.16 bits per heavy atom. The SMILES string of the molecule is CCCc1cccc(C(N)CC2CC3CCC2C3)c1. The Morgan fingerprint density at radius 3 is 2.84 bits per heavy atom. The van der Waals surface area contributed by atoms with E-state index in [9.17, 15) is 0 Å². The van der Waals surface area contributed by atoms with Crippen LogP contribution in [0.25, 0.3) is 0 Å². The second-order valence-corrected chi connectivity index (χ2v) is 6.77. The van der Waals surface area contributed by atoms with Gasteiger partial charge >= 0.3 is 0 Å². The molecule has 0 amide bonds. The smallest absolute Gasteiger partial charge is 0.0297 e. The number of aryl methyl sites for hydroxylation is 1. The summed E-state index contributed by atoms with van der Waals surface area (Å²) in [6, 6.07) is 9.22. The molecule has 0 saturated heterocycles. The predicted octanol–water partition coefficient (Wildman–Crippen LogP) is 4.47. The molecule has 2 aliphatic rings. The quantitative estimate of drug-likeness (QED) is 0.827. The van der Waals surface area contributed by atoms with Crippen molar-refractivity contribution >= 4 is 0 Å². The first-order valence-electron chi connectivity index (χ1n) is 8.10. The molecular formula is C18H27N. The normalized spacial score (nSPS) is 30.7. The molecule has 1 heteroatoms. The molecule has 0 aromatic heterocycles. The third-order valence-electron chi connectivity index (χ3n) is 5.36. The van der Waals surface area contributed by atoms with Crippen LogP contribution >= 0.6 is 0 Å². The van der Waals surface area contributed by atoms with E-state index in [-0.39, 0.29) is 6.04 Å². The number of hydrogen-bond donors (Lipinski definition) is 1. The molecule has 2 fully saturated rings. The van der Waals surface area contributed by atoms with Gasteiger partial charge in [-0.15, -0.1) is 0 Å². The second kappa shape index (κ2) is 5.66. The van der Waals surface area contributed by atoms with Crippen LogP contribution < -0.4 is 5.73 Å². The summed E-state index contributed by atoms with van der Waals surface area (Å²) in [5.41, 5.74) is 9.27. The maximum atomic E-state index is 6.47. The lowest BCUT2D eigenvalue weighted by molar-refractivity contribution is 0.296. The molecule has 0 radical (unpaired) electrons. The third kappa shape index (κ3) is 2.86. The van der Waals surface area contributed by atoms with Gasteiger partial charge in [-0.25, -0.2) is 0 Å². The van der Waals surface area contributed by atoms with Crippen molar-refractivity contribution in [1.29, 1.82) is 0 Å². The fourth-order valence-corrected chi connectivity index (χ4v) is 4.40. The summed E-state index contributed by atoms with van der Waals surface area (Å²) in [6.45, 7) is 2.24. The van der Waals surface area contributed by atoms with E-state index < -0.39 is 0 Å². The molecule has 2 aliphatic carbocycles. The Balaban J connectivity index is 1.63. The summed E-state index contributed by atoms with van der Waals surface area (Å²) < 4.78 is 0. The molecule has 19 heavy (non-hydrogen) atoms. The van der Waals surface area contributed by atoms with E-state index in [1.165, 1.54) is 56.1 Å². The van der Waals surface area contributed by atoms with E-state index in [1.807, 2.05) is 0 Å². The Kier molecular flexibility index (Phi) is 3.93. The fourth-order valence-electron chi connectivity index (χ4n) is 4.40. The Morgan fingerprint density at radius 1 is 1.26 bits per heavy atom. The van der Waals surface area contributed by atoms with E-state index in [0.29, 0.717) is 0 Å². The lowest BCUT2D eigenvalue weighted by Crippen LogP contribution is -2.19. The maximum absolute atomic E-state index is 6.47. The van der Waals surface area contributed by atoms with E-state index in [4.69, 9.17) is 5.73 Å². The van der Waals surface area contributed by atoms with Crippen molar-refractivity contribution < 1.29 is 0 Å². The fraction of sp³-hybridized carbons (Fsp3) is 0.667. The summed E-state index contributed by atoms with van der Waals surface area (Å²) >= 11 is 0. The van der Waals surface area contributed by atoms with Crippen molar-refractivity contribution in [2.24, 2.45) is 23.5 Å². The average Bonchev–Trinajstić information content (AvgIpc) is 3.02. The lowest BCUT2D eigenvalue weighted by Gasteiger charge is -2.25. The average molecular weight is 257 g/mol. The lowest BCUT2D eigenvalue weighted by atomic mass is 9.83. The van der Waals surface area contributed by atoms with Crippen molar-refractivity contribution in [2.75, 3.05) is 0 Å². The summed E-state index contributed by atoms with van der Waals surface area (Å²) in [6.07, 6.45) is 9.50. The largest absolute Gasteiger partial charge is 0.324 e. The van der Waals surface area contributed by atoms with Gasteiger partial charge in [0.05, 0.1) is 0 Å². The summed E-state index contributed by atoms with van der Waals surface area (Å²) in [4.78, 5) is 0. The van der Waals surface area contributed by atoms with Crippen LogP contribution in [-0.2, 0) is 6.42 Å². The summed E-state index contributed by atoms with van der Waals surface area (Å²) in [7, 11) is 0. The highest BCUT2D eigenvalue weighted by Gasteiger charge is 2.39. The summed E-state index contributed by atoms with van der Waals surface area (Å²) in [5.74, 6) is 2.94. The zero-order valence-electron chi connectivity index (χ0n) is 12.1. The molecule has 0 spiro atoms. The highest BCUT2D eigenvalue weighted by molar-refractivity contribution is 5.26. The summed E-state index contributed by atoms with van der Waals surface area (Å²) in [5, 5.41) is 0. The van der Waals surface area contributed by atoms with Gasteiger partial charge in [0.25, 0.3) is 0 Å². The molecule has 1 aromatic carbocycles. The van der Waals surface area contributed by atoms with Crippen molar-refractivity contribution in [3.63, 3.8) is 0 Å². The standard InChI is InChI=1S/C18H27N/c1-2-4-13-5-3-6-16(9-13)18(19)12-17-11-14-7-8-15(17)10-14/h3,5-6,9,14-15,17-18H,2,4,7-8,10-12,19H2,1H3. The van der Waals surface area contributed by atoms with Crippen molar-refractivity contribution in [3.05, 3.63) is 35.4 Å². The minimum atomic E-state index is 0.251. The molecule has 1 nitrogen and oxygen atoms in total. The molecule has 1 aromatic rings. The van der Waals surface area contributed by atoms with Gasteiger partial charge in [0.15, 0.2) is 0 Å². The molecule has 0 aliphatic heterocycles. The minimum Gasteiger partial charge on any atom is -0.324 e. The zero-order chi connectivity index (χ0) is 13.2. The van der Waals surface area contributed by atoms with Gasteiger partial charge in [0.2, 0.25) is 0 Å². The molecule has 2 bridgehead atoms. The van der Waals surface area contributed by atoms with Crippen molar-refractivity contribution in [2.45, 2.75) is 57.9 Å². The first-order valence-corrected chi connectivity index (χ1v) is 8.10. The number of fused-ring (bicyclic) bond motifs is 2. The molecule has 2 saturated carbocycles. The molecule has 4 unspecified atom stereocenters. The van der Waals surface area contributed by atoms with Crippen molar-refractivity contribution in [3.8, 4) is 0 Å². The highest BCUT2D eigenvalue weighted by atomic mass is 14.6. The van der Waals surface area contributed by atoms with E-state index in [1.54, 1.807) is 0 Å². The molecule has 2 N–H and O–H groups in total. The van der Waals surface area contributed by atoms with Gasteiger partial charge < -0.3 is 5.73 Å². The monoisotopic (exact) mass is 257 g/mol. The van der Waals surface area contributed by atoms with Gasteiger partial charge in [-0.1, -0.05) is 44.0 Å². The molecule has 0 heterocycles. The molecule has 4 atom stereocenters. The van der Waals surface area contributed by atoms with Gasteiger partial charge in [-0.2, -0.15) is 0 Å². The van der Waals surface area contributed by atoms with Gasteiger partial charge in [0, 0.05) is 6.04 Å². The van der Waals surface area contributed by atoms with Crippen LogP contribution in [-0.4, -0.2) is 0 Å². The van der Waals surface area contributed by atoms with Gasteiger partial charge in [-0.05, 0) is 61.0 Å². The number of hydrogen-bond acceptors (Lipinski definition) is 1. The van der Waals surface area contributed by atoms with Crippen LogP contribution in [0.2, 0.25) is 0 Å². The first-order chi connectivity index (χ1) is 9.26. The van der Waals surface area contributed by atoms with Crippen LogP contribution in [0.3, 0.4) is 0 Å². The van der Waals surface area contributed by atoms with Crippen LogP contribution in [0, 0.1) is 17.8 Å². The number of rotatable bonds is 5. The number of benzene rings is 1. The molecule has 3 rings (SSSR count). The predicted molar refractivity (Wildman–Crippen MR) is 80.9 cm³/mol. The van der Waals surface area contributed by atoms with E-state index in [2.05, 4.69) is 31.2 Å². The van der Waals surface area contributed by atoms with Crippen LogP contribution in [0.1, 0.15) is 62.6 Å². The maximum Gasteiger partial charge on any atom is 0.0297 e. The highest BCUT2D eigenvalue weighted by Crippen LogP contribution is 2.50. The topological polar surface area (TPSA) is 26.0 Å². The van der Waals surface area contributed by atoms with Crippen molar-refractivity contribution in [1.82, 2.24) is 0 Å². The van der Waals surface area contributed by atoms with Gasteiger partial charge in [-0.3, -0.25) is 0 Å². The first kappa shape index (κ1) is 13.2. The van der Waals surface area contributed by atoms with Gasteiger partial charge in [0.1, 0.15) is 0 Å². The van der Waals surface area contributed by atoms with Crippen LogP contribution in [0.4, 0.5) is 0 Å². The Labute approximate surface area is 117 Å². The van der Waals surface area contributed by atoms with Crippen LogP contribution in [0.5, 0.6) is 0 Å². The van der Waals surface area contributed by atoms with E-state index in [0.717, 1.165) is 17.8 Å². The van der Waals surface area contributed by atoms with E-state index >= 15 is 0 Å². The number of nitrogens with two attached hydrogens (primary N) is 1.